The van der Waals surface area contributed by atoms with Crippen LogP contribution in [0, 0.1) is 11.3 Å². The lowest BCUT2D eigenvalue weighted by Gasteiger charge is -2.30. The van der Waals surface area contributed by atoms with E-state index in [1.54, 1.807) is 12.3 Å². The smallest absolute Gasteiger partial charge is 0.354 e. The number of aromatic nitrogens is 1. The molecule has 1 aromatic rings. The van der Waals surface area contributed by atoms with Crippen LogP contribution in [0.4, 0.5) is 5.69 Å². The van der Waals surface area contributed by atoms with Crippen LogP contribution in [0.25, 0.3) is 0 Å². The third-order valence-electron chi connectivity index (χ3n) is 4.28. The molecule has 1 aliphatic rings. The van der Waals surface area contributed by atoms with Gasteiger partial charge in [0.2, 0.25) is 0 Å². The molecule has 0 spiro atoms. The average molecular weight is 276 g/mol. The van der Waals surface area contributed by atoms with Crippen molar-refractivity contribution in [1.29, 1.82) is 0 Å². The van der Waals surface area contributed by atoms with Crippen molar-refractivity contribution in [3.05, 3.63) is 24.0 Å². The zero-order valence-electron chi connectivity index (χ0n) is 12.6. The van der Waals surface area contributed by atoms with Crippen molar-refractivity contribution in [2.45, 2.75) is 40.0 Å². The van der Waals surface area contributed by atoms with Crippen LogP contribution in [0.1, 0.15) is 50.5 Å². The van der Waals surface area contributed by atoms with Crippen molar-refractivity contribution < 1.29 is 9.90 Å². The molecule has 0 aromatic carbocycles. The zero-order chi connectivity index (χ0) is 14.8. The van der Waals surface area contributed by atoms with Crippen molar-refractivity contribution in [3.8, 4) is 0 Å². The van der Waals surface area contributed by atoms with E-state index in [4.69, 9.17) is 5.11 Å². The van der Waals surface area contributed by atoms with E-state index in [0.29, 0.717) is 5.41 Å². The molecule has 1 N–H and O–H groups in total. The number of anilines is 1. The Morgan fingerprint density at radius 2 is 2.05 bits per heavy atom. The van der Waals surface area contributed by atoms with E-state index in [2.05, 4.69) is 30.7 Å². The summed E-state index contributed by atoms with van der Waals surface area (Å²) >= 11 is 0. The molecule has 1 unspecified atom stereocenters. The largest absolute Gasteiger partial charge is 0.477 e. The molecule has 4 nitrogen and oxygen atoms in total. The predicted octanol–water partition coefficient (Wildman–Crippen LogP) is 3.43. The molecular formula is C16H24N2O2. The SMILES string of the molecule is CC(C)(C)C1CCCN(c2ccc(C(=O)O)nc2)CC1. The molecule has 1 aliphatic heterocycles. The summed E-state index contributed by atoms with van der Waals surface area (Å²) in [6, 6.07) is 3.46. The fraction of sp³-hybridized carbons (Fsp3) is 0.625. The van der Waals surface area contributed by atoms with E-state index in [1.807, 2.05) is 6.07 Å². The van der Waals surface area contributed by atoms with Gasteiger partial charge in [-0.25, -0.2) is 9.78 Å². The number of carboxylic acids is 1. The van der Waals surface area contributed by atoms with Gasteiger partial charge in [0.1, 0.15) is 5.69 Å². The fourth-order valence-corrected chi connectivity index (χ4v) is 2.92. The molecule has 110 valence electrons. The Kier molecular flexibility index (Phi) is 4.31. The maximum Gasteiger partial charge on any atom is 0.354 e. The van der Waals surface area contributed by atoms with Gasteiger partial charge in [-0.15, -0.1) is 0 Å². The quantitative estimate of drug-likeness (QED) is 0.899. The number of pyridine rings is 1. The minimum Gasteiger partial charge on any atom is -0.477 e. The first-order chi connectivity index (χ1) is 9.38. The summed E-state index contributed by atoms with van der Waals surface area (Å²) in [4.78, 5) is 17.2. The third kappa shape index (κ3) is 3.50. The fourth-order valence-electron chi connectivity index (χ4n) is 2.92. The van der Waals surface area contributed by atoms with Crippen molar-refractivity contribution >= 4 is 11.7 Å². The molecule has 20 heavy (non-hydrogen) atoms. The Morgan fingerprint density at radius 3 is 2.60 bits per heavy atom. The summed E-state index contributed by atoms with van der Waals surface area (Å²) in [6.07, 6.45) is 5.31. The van der Waals surface area contributed by atoms with Crippen molar-refractivity contribution in [2.24, 2.45) is 11.3 Å². The standard InChI is InChI=1S/C16H24N2O2/c1-16(2,3)12-5-4-9-18(10-8-12)13-6-7-14(15(19)20)17-11-13/h6-7,11-12H,4-5,8-10H2,1-3H3,(H,19,20). The Bertz CT molecular complexity index is 462. The van der Waals surface area contributed by atoms with Crippen molar-refractivity contribution in [3.63, 3.8) is 0 Å². The number of carbonyl (C=O) groups is 1. The molecule has 1 atom stereocenters. The molecule has 2 heterocycles. The average Bonchev–Trinajstić information content (AvgIpc) is 2.64. The Balaban J connectivity index is 2.05. The summed E-state index contributed by atoms with van der Waals surface area (Å²) < 4.78 is 0. The predicted molar refractivity (Wildman–Crippen MR) is 80.2 cm³/mol. The summed E-state index contributed by atoms with van der Waals surface area (Å²) in [5.41, 5.74) is 1.50. The van der Waals surface area contributed by atoms with Crippen molar-refractivity contribution in [1.82, 2.24) is 4.98 Å². The van der Waals surface area contributed by atoms with Gasteiger partial charge in [0.25, 0.3) is 0 Å². The second-order valence-corrected chi connectivity index (χ2v) is 6.69. The molecule has 0 aliphatic carbocycles. The normalized spacial score (nSPS) is 20.6. The molecule has 0 amide bonds. The highest BCUT2D eigenvalue weighted by molar-refractivity contribution is 5.85. The number of rotatable bonds is 2. The molecule has 1 saturated heterocycles. The Labute approximate surface area is 120 Å². The second kappa shape index (κ2) is 5.81. The van der Waals surface area contributed by atoms with Crippen LogP contribution in [0.3, 0.4) is 0 Å². The number of nitrogens with zero attached hydrogens (tertiary/aromatic N) is 2. The van der Waals surface area contributed by atoms with E-state index in [0.717, 1.165) is 24.7 Å². The highest BCUT2D eigenvalue weighted by Gasteiger charge is 2.27. The van der Waals surface area contributed by atoms with Crippen LogP contribution in [-0.4, -0.2) is 29.1 Å². The van der Waals surface area contributed by atoms with Crippen molar-refractivity contribution in [2.75, 3.05) is 18.0 Å². The van der Waals surface area contributed by atoms with Gasteiger partial charge in [-0.3, -0.25) is 0 Å². The van der Waals surface area contributed by atoms with E-state index >= 15 is 0 Å². The highest BCUT2D eigenvalue weighted by Crippen LogP contribution is 2.35. The van der Waals surface area contributed by atoms with Gasteiger partial charge >= 0.3 is 5.97 Å². The van der Waals surface area contributed by atoms with Gasteiger partial charge in [0.15, 0.2) is 0 Å². The van der Waals surface area contributed by atoms with Gasteiger partial charge in [-0.1, -0.05) is 20.8 Å². The summed E-state index contributed by atoms with van der Waals surface area (Å²) in [7, 11) is 0. The molecule has 2 rings (SSSR count). The molecule has 0 saturated carbocycles. The number of aromatic carboxylic acids is 1. The summed E-state index contributed by atoms with van der Waals surface area (Å²) in [6.45, 7) is 9.00. The molecular weight excluding hydrogens is 252 g/mol. The highest BCUT2D eigenvalue weighted by atomic mass is 16.4. The number of carboxylic acid groups (broad SMARTS) is 1. The minimum absolute atomic E-state index is 0.108. The van der Waals surface area contributed by atoms with Crippen LogP contribution in [-0.2, 0) is 0 Å². The first-order valence-corrected chi connectivity index (χ1v) is 7.32. The van der Waals surface area contributed by atoms with Gasteiger partial charge < -0.3 is 10.0 Å². The lowest BCUT2D eigenvalue weighted by molar-refractivity contribution is 0.0690. The topological polar surface area (TPSA) is 53.4 Å². The second-order valence-electron chi connectivity index (χ2n) is 6.69. The van der Waals surface area contributed by atoms with Gasteiger partial charge in [-0.05, 0) is 42.7 Å². The van der Waals surface area contributed by atoms with E-state index in [9.17, 15) is 4.79 Å². The third-order valence-corrected chi connectivity index (χ3v) is 4.28. The van der Waals surface area contributed by atoms with Crippen LogP contribution in [0.5, 0.6) is 0 Å². The van der Waals surface area contributed by atoms with Crippen LogP contribution >= 0.6 is 0 Å². The maximum atomic E-state index is 10.8. The van der Waals surface area contributed by atoms with Crippen LogP contribution in [0.2, 0.25) is 0 Å². The maximum absolute atomic E-state index is 10.8. The summed E-state index contributed by atoms with van der Waals surface area (Å²) in [5.74, 6) is -0.223. The monoisotopic (exact) mass is 276 g/mol. The van der Waals surface area contributed by atoms with Crippen LogP contribution < -0.4 is 4.90 Å². The molecule has 0 radical (unpaired) electrons. The van der Waals surface area contributed by atoms with E-state index < -0.39 is 5.97 Å². The van der Waals surface area contributed by atoms with E-state index in [-0.39, 0.29) is 5.69 Å². The molecule has 0 bridgehead atoms. The summed E-state index contributed by atoms with van der Waals surface area (Å²) in [5, 5.41) is 8.88. The van der Waals surface area contributed by atoms with E-state index in [1.165, 1.54) is 19.3 Å². The zero-order valence-corrected chi connectivity index (χ0v) is 12.6. The molecule has 1 aromatic heterocycles. The number of hydrogen-bond donors (Lipinski definition) is 1. The molecule has 4 heteroatoms. The lowest BCUT2D eigenvalue weighted by atomic mass is 9.77. The molecule has 1 fully saturated rings. The van der Waals surface area contributed by atoms with Gasteiger partial charge in [-0.2, -0.15) is 0 Å². The number of hydrogen-bond acceptors (Lipinski definition) is 3. The minimum atomic E-state index is -0.972. The first kappa shape index (κ1) is 14.8. The van der Waals surface area contributed by atoms with Gasteiger partial charge in [0.05, 0.1) is 11.9 Å². The Hall–Kier alpha value is -1.58. The lowest BCUT2D eigenvalue weighted by Crippen LogP contribution is -2.26. The van der Waals surface area contributed by atoms with Gasteiger partial charge in [0, 0.05) is 13.1 Å². The first-order valence-electron chi connectivity index (χ1n) is 7.32. The Morgan fingerprint density at radius 1 is 1.30 bits per heavy atom. The van der Waals surface area contributed by atoms with Crippen LogP contribution in [0.15, 0.2) is 18.3 Å².